The first-order valence-corrected chi connectivity index (χ1v) is 8.05. The molecule has 2 heterocycles. The molecule has 1 aliphatic heterocycles. The molecule has 2 aliphatic rings. The molecule has 1 aromatic heterocycles. The van der Waals surface area contributed by atoms with Crippen molar-refractivity contribution in [2.24, 2.45) is 0 Å². The van der Waals surface area contributed by atoms with Gasteiger partial charge in [0.15, 0.2) is 0 Å². The Morgan fingerprint density at radius 1 is 1.30 bits per heavy atom. The van der Waals surface area contributed by atoms with Gasteiger partial charge in [-0.05, 0) is 49.8 Å². The van der Waals surface area contributed by atoms with E-state index in [0.717, 1.165) is 13.1 Å². The lowest BCUT2D eigenvalue weighted by atomic mass is 9.83. The van der Waals surface area contributed by atoms with Crippen molar-refractivity contribution in [1.82, 2.24) is 10.3 Å². The first-order valence-electron chi connectivity index (χ1n) is 8.05. The lowest BCUT2D eigenvalue weighted by molar-refractivity contribution is -0.0624. The predicted octanol–water partition coefficient (Wildman–Crippen LogP) is 3.36. The van der Waals surface area contributed by atoms with E-state index in [-0.39, 0.29) is 5.60 Å². The van der Waals surface area contributed by atoms with Crippen molar-refractivity contribution in [3.63, 3.8) is 0 Å². The maximum absolute atomic E-state index is 6.38. The van der Waals surface area contributed by atoms with Crippen LogP contribution in [0.15, 0.2) is 18.5 Å². The molecule has 1 spiro atoms. The zero-order valence-corrected chi connectivity index (χ0v) is 12.5. The van der Waals surface area contributed by atoms with Crippen LogP contribution in [0, 0.1) is 6.92 Å². The van der Waals surface area contributed by atoms with E-state index in [9.17, 15) is 0 Å². The standard InChI is InChI=1S/C17H26N2O/c1-14-11-18-10-6-15(14)12-19-13-16-5-9-17(20-16)7-3-2-4-8-17/h6,10-11,16,19H,2-5,7-9,12-13H2,1H3. The van der Waals surface area contributed by atoms with Crippen molar-refractivity contribution in [1.29, 1.82) is 0 Å². The number of aromatic nitrogens is 1. The van der Waals surface area contributed by atoms with Crippen LogP contribution in [0.2, 0.25) is 0 Å². The fourth-order valence-electron chi connectivity index (χ4n) is 3.67. The molecule has 0 radical (unpaired) electrons. The zero-order valence-electron chi connectivity index (χ0n) is 12.5. The summed E-state index contributed by atoms with van der Waals surface area (Å²) in [6.45, 7) is 4.01. The van der Waals surface area contributed by atoms with E-state index in [1.54, 1.807) is 0 Å². The highest BCUT2D eigenvalue weighted by atomic mass is 16.5. The highest BCUT2D eigenvalue weighted by Crippen LogP contribution is 2.41. The molecule has 1 aliphatic carbocycles. The Hall–Kier alpha value is -0.930. The second-order valence-electron chi connectivity index (χ2n) is 6.46. The summed E-state index contributed by atoms with van der Waals surface area (Å²) in [6, 6.07) is 2.10. The third kappa shape index (κ3) is 3.21. The highest BCUT2D eigenvalue weighted by Gasteiger charge is 2.40. The molecule has 0 aromatic carbocycles. The van der Waals surface area contributed by atoms with Crippen molar-refractivity contribution in [2.75, 3.05) is 6.54 Å². The van der Waals surface area contributed by atoms with Crippen LogP contribution in [0.25, 0.3) is 0 Å². The van der Waals surface area contributed by atoms with Gasteiger partial charge in [0.05, 0.1) is 11.7 Å². The summed E-state index contributed by atoms with van der Waals surface area (Å²) in [4.78, 5) is 4.13. The maximum Gasteiger partial charge on any atom is 0.0708 e. The zero-order chi connectivity index (χ0) is 13.8. The molecule has 3 heteroatoms. The minimum Gasteiger partial charge on any atom is -0.370 e. The minimum atomic E-state index is 0.247. The number of aryl methyl sites for hydroxylation is 1. The van der Waals surface area contributed by atoms with Crippen molar-refractivity contribution >= 4 is 0 Å². The van der Waals surface area contributed by atoms with Crippen molar-refractivity contribution in [2.45, 2.75) is 70.1 Å². The summed E-state index contributed by atoms with van der Waals surface area (Å²) in [7, 11) is 0. The van der Waals surface area contributed by atoms with Crippen LogP contribution in [0.5, 0.6) is 0 Å². The molecular formula is C17H26N2O. The Kier molecular flexibility index (Phi) is 4.37. The average Bonchev–Trinajstić information content (AvgIpc) is 2.85. The van der Waals surface area contributed by atoms with Gasteiger partial charge in [0.1, 0.15) is 0 Å². The third-order valence-electron chi connectivity index (χ3n) is 4.93. The molecule has 110 valence electrons. The fourth-order valence-corrected chi connectivity index (χ4v) is 3.67. The van der Waals surface area contributed by atoms with E-state index < -0.39 is 0 Å². The Labute approximate surface area is 122 Å². The van der Waals surface area contributed by atoms with E-state index >= 15 is 0 Å². The number of pyridine rings is 1. The largest absolute Gasteiger partial charge is 0.370 e. The van der Waals surface area contributed by atoms with Gasteiger partial charge in [0, 0.05) is 25.5 Å². The number of ether oxygens (including phenoxy) is 1. The smallest absolute Gasteiger partial charge is 0.0708 e. The van der Waals surface area contributed by atoms with E-state index in [2.05, 4.69) is 23.3 Å². The van der Waals surface area contributed by atoms with Crippen molar-refractivity contribution < 1.29 is 4.74 Å². The summed E-state index contributed by atoms with van der Waals surface area (Å²) in [5.41, 5.74) is 2.85. The van der Waals surface area contributed by atoms with Gasteiger partial charge in [0.25, 0.3) is 0 Å². The van der Waals surface area contributed by atoms with Gasteiger partial charge in [-0.2, -0.15) is 0 Å². The normalized spacial score (nSPS) is 25.1. The SMILES string of the molecule is Cc1cnccc1CNCC1CCC2(CCCCC2)O1. The van der Waals surface area contributed by atoms with Gasteiger partial charge in [-0.3, -0.25) is 4.98 Å². The topological polar surface area (TPSA) is 34.2 Å². The Morgan fingerprint density at radius 2 is 2.15 bits per heavy atom. The second-order valence-corrected chi connectivity index (χ2v) is 6.46. The molecule has 1 N–H and O–H groups in total. The molecule has 0 bridgehead atoms. The minimum absolute atomic E-state index is 0.247. The molecule has 1 unspecified atom stereocenters. The van der Waals surface area contributed by atoms with Gasteiger partial charge < -0.3 is 10.1 Å². The predicted molar refractivity (Wildman–Crippen MR) is 80.6 cm³/mol. The van der Waals surface area contributed by atoms with Crippen LogP contribution in [0.3, 0.4) is 0 Å². The monoisotopic (exact) mass is 274 g/mol. The summed E-state index contributed by atoms with van der Waals surface area (Å²) < 4.78 is 6.38. The van der Waals surface area contributed by atoms with E-state index in [1.807, 2.05) is 12.4 Å². The van der Waals surface area contributed by atoms with Gasteiger partial charge in [-0.25, -0.2) is 0 Å². The number of nitrogens with zero attached hydrogens (tertiary/aromatic N) is 1. The fraction of sp³-hybridized carbons (Fsp3) is 0.706. The first-order chi connectivity index (χ1) is 9.77. The molecule has 1 aromatic rings. The molecule has 2 fully saturated rings. The maximum atomic E-state index is 6.38. The van der Waals surface area contributed by atoms with Crippen LogP contribution in [-0.4, -0.2) is 23.2 Å². The van der Waals surface area contributed by atoms with E-state index in [4.69, 9.17) is 4.74 Å². The van der Waals surface area contributed by atoms with Crippen LogP contribution >= 0.6 is 0 Å². The second kappa shape index (κ2) is 6.23. The van der Waals surface area contributed by atoms with Crippen molar-refractivity contribution in [3.05, 3.63) is 29.6 Å². The Bertz CT molecular complexity index is 440. The van der Waals surface area contributed by atoms with E-state index in [0.29, 0.717) is 6.10 Å². The lowest BCUT2D eigenvalue weighted by Gasteiger charge is -2.33. The molecular weight excluding hydrogens is 248 g/mol. The number of nitrogens with one attached hydrogen (secondary N) is 1. The quantitative estimate of drug-likeness (QED) is 0.914. The van der Waals surface area contributed by atoms with Crippen LogP contribution in [0.1, 0.15) is 56.1 Å². The number of hydrogen-bond donors (Lipinski definition) is 1. The summed E-state index contributed by atoms with van der Waals surface area (Å²) in [6.07, 6.45) is 13.4. The first kappa shape index (κ1) is 14.0. The van der Waals surface area contributed by atoms with Gasteiger partial charge in [-0.1, -0.05) is 19.3 Å². The molecule has 20 heavy (non-hydrogen) atoms. The molecule has 3 rings (SSSR count). The molecule has 1 atom stereocenters. The lowest BCUT2D eigenvalue weighted by Crippen LogP contribution is -2.34. The van der Waals surface area contributed by atoms with E-state index in [1.165, 1.54) is 56.1 Å². The Balaban J connectivity index is 1.45. The molecule has 0 amide bonds. The van der Waals surface area contributed by atoms with Crippen LogP contribution < -0.4 is 5.32 Å². The van der Waals surface area contributed by atoms with Gasteiger partial charge >= 0.3 is 0 Å². The molecule has 1 saturated carbocycles. The van der Waals surface area contributed by atoms with Gasteiger partial charge in [-0.15, -0.1) is 0 Å². The summed E-state index contributed by atoms with van der Waals surface area (Å²) in [5, 5.41) is 3.55. The third-order valence-corrected chi connectivity index (χ3v) is 4.93. The van der Waals surface area contributed by atoms with Crippen LogP contribution in [-0.2, 0) is 11.3 Å². The average molecular weight is 274 g/mol. The van der Waals surface area contributed by atoms with Crippen molar-refractivity contribution in [3.8, 4) is 0 Å². The summed E-state index contributed by atoms with van der Waals surface area (Å²) in [5.74, 6) is 0. The van der Waals surface area contributed by atoms with Crippen LogP contribution in [0.4, 0.5) is 0 Å². The summed E-state index contributed by atoms with van der Waals surface area (Å²) >= 11 is 0. The van der Waals surface area contributed by atoms with Gasteiger partial charge in [0.2, 0.25) is 0 Å². The number of rotatable bonds is 4. The molecule has 3 nitrogen and oxygen atoms in total. The molecule has 1 saturated heterocycles. The highest BCUT2D eigenvalue weighted by molar-refractivity contribution is 5.21. The number of hydrogen-bond acceptors (Lipinski definition) is 3. The Morgan fingerprint density at radius 3 is 2.95 bits per heavy atom.